The molecule has 1 nitrogen and oxygen atoms in total. The molecule has 0 radical (unpaired) electrons. The molecule has 9 heavy (non-hydrogen) atoms. The first kappa shape index (κ1) is 6.62. The van der Waals surface area contributed by atoms with Crippen molar-refractivity contribution in [2.45, 2.75) is 19.8 Å². The number of rotatable bonds is 2. The highest BCUT2D eigenvalue weighted by Crippen LogP contribution is 2.19. The van der Waals surface area contributed by atoms with Crippen LogP contribution in [0.3, 0.4) is 0 Å². The van der Waals surface area contributed by atoms with Gasteiger partial charge in [-0.1, -0.05) is 13.3 Å². The summed E-state index contributed by atoms with van der Waals surface area (Å²) >= 11 is 1.62. The molecule has 50 valence electrons. The van der Waals surface area contributed by atoms with E-state index in [9.17, 15) is 0 Å². The SMILES string of the molecule is CCCc1ccsc1N. The van der Waals surface area contributed by atoms with E-state index in [-0.39, 0.29) is 0 Å². The summed E-state index contributed by atoms with van der Waals surface area (Å²) in [6.07, 6.45) is 2.30. The van der Waals surface area contributed by atoms with E-state index >= 15 is 0 Å². The predicted molar refractivity (Wildman–Crippen MR) is 42.7 cm³/mol. The summed E-state index contributed by atoms with van der Waals surface area (Å²) in [6, 6.07) is 2.10. The molecule has 0 amide bonds. The average molecular weight is 141 g/mol. The molecule has 2 heteroatoms. The molecule has 0 aromatic carbocycles. The van der Waals surface area contributed by atoms with Crippen molar-refractivity contribution >= 4 is 16.3 Å². The maximum absolute atomic E-state index is 5.65. The highest BCUT2D eigenvalue weighted by molar-refractivity contribution is 7.14. The van der Waals surface area contributed by atoms with Crippen LogP contribution < -0.4 is 5.73 Å². The Morgan fingerprint density at radius 2 is 2.44 bits per heavy atom. The van der Waals surface area contributed by atoms with E-state index in [0.717, 1.165) is 11.4 Å². The monoisotopic (exact) mass is 141 g/mol. The van der Waals surface area contributed by atoms with Crippen molar-refractivity contribution in [1.29, 1.82) is 0 Å². The van der Waals surface area contributed by atoms with E-state index in [0.29, 0.717) is 0 Å². The Morgan fingerprint density at radius 3 is 2.89 bits per heavy atom. The molecule has 0 aliphatic rings. The molecule has 0 aliphatic carbocycles. The summed E-state index contributed by atoms with van der Waals surface area (Å²) in [7, 11) is 0. The van der Waals surface area contributed by atoms with Crippen molar-refractivity contribution in [1.82, 2.24) is 0 Å². The zero-order valence-corrected chi connectivity index (χ0v) is 6.37. The van der Waals surface area contributed by atoms with Gasteiger partial charge in [-0.15, -0.1) is 11.3 Å². The van der Waals surface area contributed by atoms with Gasteiger partial charge in [0.1, 0.15) is 0 Å². The molecule has 0 spiro atoms. The lowest BCUT2D eigenvalue weighted by atomic mass is 10.2. The number of nitrogen functional groups attached to an aromatic ring is 1. The van der Waals surface area contributed by atoms with Gasteiger partial charge >= 0.3 is 0 Å². The van der Waals surface area contributed by atoms with Crippen LogP contribution in [-0.2, 0) is 6.42 Å². The topological polar surface area (TPSA) is 26.0 Å². The van der Waals surface area contributed by atoms with E-state index in [1.807, 2.05) is 5.38 Å². The van der Waals surface area contributed by atoms with E-state index in [1.165, 1.54) is 12.0 Å². The summed E-state index contributed by atoms with van der Waals surface area (Å²) in [5.41, 5.74) is 6.95. The molecular weight excluding hydrogens is 130 g/mol. The van der Waals surface area contributed by atoms with E-state index in [1.54, 1.807) is 11.3 Å². The van der Waals surface area contributed by atoms with Crippen LogP contribution >= 0.6 is 11.3 Å². The van der Waals surface area contributed by atoms with Gasteiger partial charge in [0.25, 0.3) is 0 Å². The molecule has 0 atom stereocenters. The molecule has 1 aromatic heterocycles. The summed E-state index contributed by atoms with van der Waals surface area (Å²) in [6.45, 7) is 2.16. The van der Waals surface area contributed by atoms with Crippen molar-refractivity contribution in [3.05, 3.63) is 17.0 Å². The number of aryl methyl sites for hydroxylation is 1. The fourth-order valence-electron chi connectivity index (χ4n) is 0.823. The maximum Gasteiger partial charge on any atom is 0.0888 e. The van der Waals surface area contributed by atoms with Crippen molar-refractivity contribution in [2.75, 3.05) is 5.73 Å². The Hall–Kier alpha value is -0.500. The smallest absolute Gasteiger partial charge is 0.0888 e. The fraction of sp³-hybridized carbons (Fsp3) is 0.429. The Morgan fingerprint density at radius 1 is 1.67 bits per heavy atom. The van der Waals surface area contributed by atoms with Gasteiger partial charge in [-0.2, -0.15) is 0 Å². The van der Waals surface area contributed by atoms with E-state index in [2.05, 4.69) is 13.0 Å². The van der Waals surface area contributed by atoms with Gasteiger partial charge in [-0.25, -0.2) is 0 Å². The van der Waals surface area contributed by atoms with Crippen molar-refractivity contribution in [2.24, 2.45) is 0 Å². The molecule has 1 aromatic rings. The number of thiophene rings is 1. The summed E-state index contributed by atoms with van der Waals surface area (Å²) in [4.78, 5) is 0. The first-order valence-corrected chi connectivity index (χ1v) is 4.04. The van der Waals surface area contributed by atoms with Crippen LogP contribution in [0.25, 0.3) is 0 Å². The minimum absolute atomic E-state index is 0.983. The van der Waals surface area contributed by atoms with Crippen LogP contribution in [-0.4, -0.2) is 0 Å². The number of nitrogens with two attached hydrogens (primary N) is 1. The van der Waals surface area contributed by atoms with Crippen LogP contribution in [0, 0.1) is 0 Å². The van der Waals surface area contributed by atoms with Gasteiger partial charge in [-0.05, 0) is 23.4 Å². The standard InChI is InChI=1S/C7H11NS/c1-2-3-6-4-5-9-7(6)8/h4-5H,2-3,8H2,1H3. The Kier molecular flexibility index (Phi) is 2.11. The van der Waals surface area contributed by atoms with Gasteiger partial charge in [-0.3, -0.25) is 0 Å². The molecule has 2 N–H and O–H groups in total. The van der Waals surface area contributed by atoms with E-state index in [4.69, 9.17) is 5.73 Å². The molecule has 0 saturated heterocycles. The molecular formula is C7H11NS. The second-order valence-electron chi connectivity index (χ2n) is 2.06. The number of anilines is 1. The van der Waals surface area contributed by atoms with Gasteiger partial charge in [0.05, 0.1) is 5.00 Å². The van der Waals surface area contributed by atoms with Crippen molar-refractivity contribution in [3.8, 4) is 0 Å². The molecule has 0 saturated carbocycles. The summed E-state index contributed by atoms with van der Waals surface area (Å²) in [5.74, 6) is 0. The summed E-state index contributed by atoms with van der Waals surface area (Å²) < 4.78 is 0. The highest BCUT2D eigenvalue weighted by Gasteiger charge is 1.95. The maximum atomic E-state index is 5.65. The third-order valence-electron chi connectivity index (χ3n) is 1.30. The zero-order valence-electron chi connectivity index (χ0n) is 5.55. The Labute approximate surface area is 59.5 Å². The van der Waals surface area contributed by atoms with Gasteiger partial charge in [0, 0.05) is 0 Å². The highest BCUT2D eigenvalue weighted by atomic mass is 32.1. The third kappa shape index (κ3) is 1.45. The largest absolute Gasteiger partial charge is 0.390 e. The lowest BCUT2D eigenvalue weighted by Crippen LogP contribution is -1.86. The normalized spacial score (nSPS) is 9.89. The summed E-state index contributed by atoms with van der Waals surface area (Å²) in [5, 5.41) is 3.03. The van der Waals surface area contributed by atoms with Crippen molar-refractivity contribution < 1.29 is 0 Å². The molecule has 0 unspecified atom stereocenters. The fourth-order valence-corrected chi connectivity index (χ4v) is 1.52. The molecule has 0 bridgehead atoms. The van der Waals surface area contributed by atoms with E-state index < -0.39 is 0 Å². The molecule has 1 heterocycles. The number of hydrogen-bond donors (Lipinski definition) is 1. The minimum atomic E-state index is 0.983. The van der Waals surface area contributed by atoms with Crippen LogP contribution in [0.2, 0.25) is 0 Å². The van der Waals surface area contributed by atoms with Gasteiger partial charge < -0.3 is 5.73 Å². The minimum Gasteiger partial charge on any atom is -0.390 e. The van der Waals surface area contributed by atoms with Crippen LogP contribution in [0.4, 0.5) is 5.00 Å². The Balaban J connectivity index is 2.69. The van der Waals surface area contributed by atoms with Crippen molar-refractivity contribution in [3.63, 3.8) is 0 Å². The van der Waals surface area contributed by atoms with Crippen LogP contribution in [0.1, 0.15) is 18.9 Å². The first-order valence-electron chi connectivity index (χ1n) is 3.16. The third-order valence-corrected chi connectivity index (χ3v) is 2.09. The molecule has 1 rings (SSSR count). The first-order chi connectivity index (χ1) is 4.34. The lowest BCUT2D eigenvalue weighted by Gasteiger charge is -1.92. The van der Waals surface area contributed by atoms with Gasteiger partial charge in [0.15, 0.2) is 0 Å². The Bertz CT molecular complexity index is 181. The van der Waals surface area contributed by atoms with Crippen LogP contribution in [0.15, 0.2) is 11.4 Å². The number of hydrogen-bond acceptors (Lipinski definition) is 2. The average Bonchev–Trinajstić information content (AvgIpc) is 2.18. The second-order valence-corrected chi connectivity index (χ2v) is 3.01. The predicted octanol–water partition coefficient (Wildman–Crippen LogP) is 2.28. The zero-order chi connectivity index (χ0) is 6.69. The molecule has 0 aliphatic heterocycles. The second kappa shape index (κ2) is 2.87. The van der Waals surface area contributed by atoms with Gasteiger partial charge in [0.2, 0.25) is 0 Å². The molecule has 0 fully saturated rings. The van der Waals surface area contributed by atoms with Crippen LogP contribution in [0.5, 0.6) is 0 Å². The lowest BCUT2D eigenvalue weighted by molar-refractivity contribution is 0.928. The quantitative estimate of drug-likeness (QED) is 0.671.